The number of methoxy groups -OCH3 is 1. The van der Waals surface area contributed by atoms with Crippen molar-refractivity contribution in [1.82, 2.24) is 4.90 Å². The number of fused-ring (bicyclic) bond motifs is 1. The van der Waals surface area contributed by atoms with E-state index in [-0.39, 0.29) is 12.7 Å². The summed E-state index contributed by atoms with van der Waals surface area (Å²) < 4.78 is 16.4. The van der Waals surface area contributed by atoms with E-state index in [0.29, 0.717) is 30.0 Å². The van der Waals surface area contributed by atoms with Crippen molar-refractivity contribution >= 4 is 33.5 Å². The fourth-order valence-corrected chi connectivity index (χ4v) is 4.36. The van der Waals surface area contributed by atoms with Crippen molar-refractivity contribution in [3.8, 4) is 11.5 Å². The molecule has 0 saturated heterocycles. The predicted octanol–water partition coefficient (Wildman–Crippen LogP) is 6.72. The highest BCUT2D eigenvalue weighted by atomic mass is 16.7. The van der Waals surface area contributed by atoms with E-state index in [1.54, 1.807) is 7.11 Å². The molecule has 0 aliphatic carbocycles. The van der Waals surface area contributed by atoms with Gasteiger partial charge in [-0.1, -0.05) is 55.5 Å². The van der Waals surface area contributed by atoms with Gasteiger partial charge in [-0.25, -0.2) is 0 Å². The third-order valence-electron chi connectivity index (χ3n) is 6.39. The number of ether oxygens (including phenoxy) is 3. The van der Waals surface area contributed by atoms with Gasteiger partial charge in [0.15, 0.2) is 6.79 Å². The lowest BCUT2D eigenvalue weighted by atomic mass is 9.91. The maximum Gasteiger partial charge on any atom is 0.256 e. The largest absolute Gasteiger partial charge is 0.492 e. The number of nitrogens with zero attached hydrogens (tertiary/aromatic N) is 1. The first-order valence-corrected chi connectivity index (χ1v) is 13.1. The van der Waals surface area contributed by atoms with Gasteiger partial charge in [-0.05, 0) is 90.5 Å². The molecule has 1 N–H and O–H groups in total. The highest BCUT2D eigenvalue weighted by molar-refractivity contribution is 6.31. The number of amides is 1. The minimum absolute atomic E-state index is 0.161. The monoisotopic (exact) mass is 524 g/mol. The summed E-state index contributed by atoms with van der Waals surface area (Å²) in [4.78, 5) is 16.0. The van der Waals surface area contributed by atoms with Gasteiger partial charge in [0.2, 0.25) is 0 Å². The van der Waals surface area contributed by atoms with Crippen molar-refractivity contribution in [2.24, 2.45) is 0 Å². The molecule has 0 atom stereocenters. The molecule has 1 amide bonds. The number of carbonyl (C=O) groups is 1. The molecule has 202 valence electrons. The zero-order valence-electron chi connectivity index (χ0n) is 23.1. The van der Waals surface area contributed by atoms with Crippen LogP contribution >= 0.6 is 0 Å². The summed E-state index contributed by atoms with van der Waals surface area (Å²) in [6.07, 6.45) is 0.682. The maximum absolute atomic E-state index is 13.9. The van der Waals surface area contributed by atoms with Gasteiger partial charge in [-0.2, -0.15) is 0 Å². The van der Waals surface area contributed by atoms with E-state index in [1.165, 1.54) is 0 Å². The molecule has 0 radical (unpaired) electrons. The second kappa shape index (κ2) is 13.6. The van der Waals surface area contributed by atoms with Gasteiger partial charge in [0, 0.05) is 19.3 Å². The summed E-state index contributed by atoms with van der Waals surface area (Å²) in [7, 11) is 5.60. The van der Waals surface area contributed by atoms with Crippen LogP contribution in [0.2, 0.25) is 0 Å². The fourth-order valence-electron chi connectivity index (χ4n) is 4.36. The molecule has 39 heavy (non-hydrogen) atoms. The van der Waals surface area contributed by atoms with E-state index in [9.17, 15) is 4.79 Å². The van der Waals surface area contributed by atoms with Crippen molar-refractivity contribution in [2.75, 3.05) is 46.5 Å². The number of hydrogen-bond donors (Lipinski definition) is 1. The first kappa shape index (κ1) is 27.9. The highest BCUT2D eigenvalue weighted by Gasteiger charge is 2.19. The molecule has 0 aromatic heterocycles. The van der Waals surface area contributed by atoms with E-state index in [2.05, 4.69) is 47.5 Å². The lowest BCUT2D eigenvalue weighted by molar-refractivity contribution is -0.111. The van der Waals surface area contributed by atoms with Crippen LogP contribution < -0.4 is 14.8 Å². The normalized spacial score (nSPS) is 11.8. The SMILES string of the molecule is CCC(=C(C(=O)Nc1ccc(OCCN(C)C)cc1)c1ccc(OCOC)cc1)c1ccc2ccccc2c1. The molecule has 6 nitrogen and oxygen atoms in total. The Balaban J connectivity index is 1.67. The minimum Gasteiger partial charge on any atom is -0.492 e. The van der Waals surface area contributed by atoms with E-state index in [4.69, 9.17) is 14.2 Å². The van der Waals surface area contributed by atoms with E-state index >= 15 is 0 Å². The first-order valence-electron chi connectivity index (χ1n) is 13.1. The van der Waals surface area contributed by atoms with Crippen LogP contribution in [0.3, 0.4) is 0 Å². The average Bonchev–Trinajstić information content (AvgIpc) is 2.95. The summed E-state index contributed by atoms with van der Waals surface area (Å²) in [6.45, 7) is 3.67. The molecule has 4 aromatic rings. The third kappa shape index (κ3) is 7.47. The smallest absolute Gasteiger partial charge is 0.256 e. The Kier molecular flexibility index (Phi) is 9.73. The average molecular weight is 525 g/mol. The first-order chi connectivity index (χ1) is 19.0. The van der Waals surface area contributed by atoms with Gasteiger partial charge in [0.1, 0.15) is 18.1 Å². The Morgan fingerprint density at radius 2 is 1.44 bits per heavy atom. The molecule has 0 unspecified atom stereocenters. The summed E-state index contributed by atoms with van der Waals surface area (Å²) in [5.74, 6) is 1.27. The van der Waals surface area contributed by atoms with Crippen molar-refractivity contribution in [2.45, 2.75) is 13.3 Å². The standard InChI is InChI=1S/C33H36N2O4/c1-5-31(27-11-10-24-8-6-7-9-26(24)22-27)32(25-12-16-30(17-13-25)39-23-37-4)33(36)34-28-14-18-29(19-15-28)38-21-20-35(2)3/h6-19,22H,5,20-21,23H2,1-4H3,(H,34,36). The molecule has 6 heteroatoms. The minimum atomic E-state index is -0.174. The zero-order valence-corrected chi connectivity index (χ0v) is 23.1. The molecule has 0 saturated carbocycles. The van der Waals surface area contributed by atoms with Crippen LogP contribution in [0, 0.1) is 0 Å². The van der Waals surface area contributed by atoms with Crippen LogP contribution in [0.1, 0.15) is 24.5 Å². The Morgan fingerprint density at radius 1 is 0.795 bits per heavy atom. The summed E-state index contributed by atoms with van der Waals surface area (Å²) in [5.41, 5.74) is 4.12. The van der Waals surface area contributed by atoms with Crippen molar-refractivity contribution in [3.05, 3.63) is 102 Å². The van der Waals surface area contributed by atoms with Crippen molar-refractivity contribution in [1.29, 1.82) is 0 Å². The molecular weight excluding hydrogens is 488 g/mol. The Hall–Kier alpha value is -4.13. The molecule has 0 aliphatic rings. The maximum atomic E-state index is 13.9. The number of carbonyl (C=O) groups excluding carboxylic acids is 1. The Labute approximate surface area is 230 Å². The number of allylic oxidation sites excluding steroid dienone is 1. The van der Waals surface area contributed by atoms with E-state index in [1.807, 2.05) is 74.8 Å². The molecule has 0 spiro atoms. The predicted molar refractivity (Wildman–Crippen MR) is 159 cm³/mol. The molecule has 0 bridgehead atoms. The van der Waals surface area contributed by atoms with Crippen LogP contribution in [-0.2, 0) is 9.53 Å². The van der Waals surface area contributed by atoms with Gasteiger partial charge in [-0.3, -0.25) is 4.79 Å². The molecule has 4 rings (SSSR count). The van der Waals surface area contributed by atoms with Gasteiger partial charge in [0.05, 0.1) is 5.57 Å². The van der Waals surface area contributed by atoms with Crippen LogP contribution in [-0.4, -0.2) is 52.0 Å². The fraction of sp³-hybridized carbons (Fsp3) is 0.242. The van der Waals surface area contributed by atoms with Crippen LogP contribution in [0.5, 0.6) is 11.5 Å². The highest BCUT2D eigenvalue weighted by Crippen LogP contribution is 2.33. The lowest BCUT2D eigenvalue weighted by Crippen LogP contribution is -2.19. The van der Waals surface area contributed by atoms with Gasteiger partial charge >= 0.3 is 0 Å². The zero-order chi connectivity index (χ0) is 27.6. The second-order valence-corrected chi connectivity index (χ2v) is 9.47. The van der Waals surface area contributed by atoms with Crippen molar-refractivity contribution in [3.63, 3.8) is 0 Å². The molecular formula is C33H36N2O4. The van der Waals surface area contributed by atoms with Gasteiger partial charge < -0.3 is 24.4 Å². The number of rotatable bonds is 12. The Bertz CT molecular complexity index is 1410. The topological polar surface area (TPSA) is 60.0 Å². The number of anilines is 1. The molecule has 0 aliphatic heterocycles. The van der Waals surface area contributed by atoms with E-state index < -0.39 is 0 Å². The molecule has 0 fully saturated rings. The van der Waals surface area contributed by atoms with Crippen LogP contribution in [0.4, 0.5) is 5.69 Å². The molecule has 0 heterocycles. The summed E-state index contributed by atoms with van der Waals surface area (Å²) >= 11 is 0. The van der Waals surface area contributed by atoms with Gasteiger partial charge in [0.25, 0.3) is 5.91 Å². The summed E-state index contributed by atoms with van der Waals surface area (Å²) in [5, 5.41) is 5.40. The van der Waals surface area contributed by atoms with Gasteiger partial charge in [-0.15, -0.1) is 0 Å². The van der Waals surface area contributed by atoms with Crippen molar-refractivity contribution < 1.29 is 19.0 Å². The number of nitrogens with one attached hydrogen (secondary N) is 1. The second-order valence-electron chi connectivity index (χ2n) is 9.47. The van der Waals surface area contributed by atoms with Crippen LogP contribution in [0.25, 0.3) is 21.9 Å². The Morgan fingerprint density at radius 3 is 2.10 bits per heavy atom. The third-order valence-corrected chi connectivity index (χ3v) is 6.39. The number of hydrogen-bond acceptors (Lipinski definition) is 5. The van der Waals surface area contributed by atoms with Crippen LogP contribution in [0.15, 0.2) is 91.0 Å². The quantitative estimate of drug-likeness (QED) is 0.127. The lowest BCUT2D eigenvalue weighted by Gasteiger charge is -2.17. The number of benzene rings is 4. The summed E-state index contributed by atoms with van der Waals surface area (Å²) in [6, 6.07) is 29.6. The van der Waals surface area contributed by atoms with E-state index in [0.717, 1.165) is 39.8 Å². The molecule has 4 aromatic carbocycles. The number of likely N-dealkylation sites (N-methyl/N-ethyl adjacent to an activating group) is 1.